The van der Waals surface area contributed by atoms with Crippen molar-refractivity contribution in [2.24, 2.45) is 0 Å². The standard InChI is InChI=1S/C20H18O5/c1-23-17-10-15(20(21)22)8-14-9-18(24-2)19(11-16(14)17)25-12-13-6-4-3-5-7-13/h3-11H,12H2,1-2H3,(H,21,22). The zero-order chi connectivity index (χ0) is 17.8. The minimum absolute atomic E-state index is 0.157. The molecule has 0 heterocycles. The van der Waals surface area contributed by atoms with Crippen molar-refractivity contribution in [3.63, 3.8) is 0 Å². The number of hydrogen-bond acceptors (Lipinski definition) is 4. The van der Waals surface area contributed by atoms with Gasteiger partial charge in [-0.05, 0) is 35.2 Å². The zero-order valence-electron chi connectivity index (χ0n) is 14.0. The van der Waals surface area contributed by atoms with Crippen molar-refractivity contribution in [2.75, 3.05) is 14.2 Å². The Labute approximate surface area is 145 Å². The SMILES string of the molecule is COc1cc2cc(C(=O)O)cc(OC)c2cc1OCc1ccccc1. The van der Waals surface area contributed by atoms with E-state index in [0.717, 1.165) is 10.9 Å². The molecule has 0 aliphatic heterocycles. The quantitative estimate of drug-likeness (QED) is 0.732. The van der Waals surface area contributed by atoms with Gasteiger partial charge in [-0.3, -0.25) is 0 Å². The van der Waals surface area contributed by atoms with Gasteiger partial charge in [0.2, 0.25) is 0 Å². The maximum atomic E-state index is 11.3. The van der Waals surface area contributed by atoms with E-state index in [4.69, 9.17) is 14.2 Å². The van der Waals surface area contributed by atoms with E-state index in [9.17, 15) is 9.90 Å². The molecule has 0 fully saturated rings. The van der Waals surface area contributed by atoms with Crippen LogP contribution in [-0.4, -0.2) is 25.3 Å². The van der Waals surface area contributed by atoms with Gasteiger partial charge in [0.05, 0.1) is 19.8 Å². The third-order valence-corrected chi connectivity index (χ3v) is 3.90. The first-order valence-corrected chi connectivity index (χ1v) is 7.72. The number of aromatic carboxylic acids is 1. The van der Waals surface area contributed by atoms with Gasteiger partial charge in [0, 0.05) is 5.39 Å². The third-order valence-electron chi connectivity index (χ3n) is 3.90. The Morgan fingerprint density at radius 3 is 2.28 bits per heavy atom. The molecule has 0 saturated heterocycles. The van der Waals surface area contributed by atoms with Crippen molar-refractivity contribution >= 4 is 16.7 Å². The highest BCUT2D eigenvalue weighted by atomic mass is 16.5. The van der Waals surface area contributed by atoms with Gasteiger partial charge < -0.3 is 19.3 Å². The van der Waals surface area contributed by atoms with E-state index in [1.54, 1.807) is 19.2 Å². The monoisotopic (exact) mass is 338 g/mol. The lowest BCUT2D eigenvalue weighted by atomic mass is 10.0. The molecule has 0 atom stereocenters. The van der Waals surface area contributed by atoms with Crippen LogP contribution < -0.4 is 14.2 Å². The number of ether oxygens (including phenoxy) is 3. The van der Waals surface area contributed by atoms with Gasteiger partial charge in [0.1, 0.15) is 12.4 Å². The maximum absolute atomic E-state index is 11.3. The van der Waals surface area contributed by atoms with Crippen LogP contribution in [0.3, 0.4) is 0 Å². The summed E-state index contributed by atoms with van der Waals surface area (Å²) in [5, 5.41) is 10.7. The second-order valence-electron chi connectivity index (χ2n) is 5.48. The Bertz CT molecular complexity index is 903. The Morgan fingerprint density at radius 2 is 1.64 bits per heavy atom. The van der Waals surface area contributed by atoms with Gasteiger partial charge in [-0.1, -0.05) is 30.3 Å². The predicted molar refractivity (Wildman–Crippen MR) is 94.8 cm³/mol. The Hall–Kier alpha value is -3.21. The predicted octanol–water partition coefficient (Wildman–Crippen LogP) is 4.13. The van der Waals surface area contributed by atoms with Crippen LogP contribution in [0.15, 0.2) is 54.6 Å². The summed E-state index contributed by atoms with van der Waals surface area (Å²) in [5.74, 6) is 0.568. The molecule has 5 heteroatoms. The van der Waals surface area contributed by atoms with Crippen molar-refractivity contribution in [3.8, 4) is 17.2 Å². The molecule has 25 heavy (non-hydrogen) atoms. The smallest absolute Gasteiger partial charge is 0.335 e. The molecule has 0 bridgehead atoms. The molecule has 0 saturated carbocycles. The van der Waals surface area contributed by atoms with Crippen LogP contribution in [0.2, 0.25) is 0 Å². The molecule has 0 aromatic heterocycles. The Morgan fingerprint density at radius 1 is 0.920 bits per heavy atom. The first-order chi connectivity index (χ1) is 12.1. The number of benzene rings is 3. The molecule has 0 unspecified atom stereocenters. The summed E-state index contributed by atoms with van der Waals surface area (Å²) in [7, 11) is 3.06. The lowest BCUT2D eigenvalue weighted by Gasteiger charge is -2.14. The largest absolute Gasteiger partial charge is 0.496 e. The fourth-order valence-corrected chi connectivity index (χ4v) is 2.64. The molecule has 3 aromatic carbocycles. The number of rotatable bonds is 6. The van der Waals surface area contributed by atoms with Crippen molar-refractivity contribution in [2.45, 2.75) is 6.61 Å². The van der Waals surface area contributed by atoms with Gasteiger partial charge in [0.25, 0.3) is 0 Å². The second kappa shape index (κ2) is 7.13. The minimum atomic E-state index is -1.01. The van der Waals surface area contributed by atoms with Crippen LogP contribution in [0.5, 0.6) is 17.2 Å². The van der Waals surface area contributed by atoms with Crippen LogP contribution >= 0.6 is 0 Å². The van der Waals surface area contributed by atoms with Crippen LogP contribution in [-0.2, 0) is 6.61 Å². The van der Waals surface area contributed by atoms with Gasteiger partial charge >= 0.3 is 5.97 Å². The van der Waals surface area contributed by atoms with E-state index in [2.05, 4.69) is 0 Å². The third kappa shape index (κ3) is 3.50. The average molecular weight is 338 g/mol. The number of methoxy groups -OCH3 is 2. The summed E-state index contributed by atoms with van der Waals surface area (Å²) in [6.45, 7) is 0.401. The summed E-state index contributed by atoms with van der Waals surface area (Å²) in [6, 6.07) is 16.5. The summed E-state index contributed by atoms with van der Waals surface area (Å²) in [6.07, 6.45) is 0. The fraction of sp³-hybridized carbons (Fsp3) is 0.150. The first-order valence-electron chi connectivity index (χ1n) is 7.72. The molecule has 0 aliphatic carbocycles. The Kier molecular flexibility index (Phi) is 4.75. The molecule has 0 aliphatic rings. The van der Waals surface area contributed by atoms with Gasteiger partial charge in [-0.2, -0.15) is 0 Å². The molecule has 0 spiro atoms. The van der Waals surface area contributed by atoms with Crippen molar-refractivity contribution in [1.82, 2.24) is 0 Å². The normalized spacial score (nSPS) is 10.5. The van der Waals surface area contributed by atoms with Gasteiger partial charge in [-0.25, -0.2) is 4.79 Å². The highest BCUT2D eigenvalue weighted by molar-refractivity contribution is 5.98. The average Bonchev–Trinajstić information content (AvgIpc) is 2.65. The van der Waals surface area contributed by atoms with Gasteiger partial charge in [0.15, 0.2) is 11.5 Å². The number of carbonyl (C=O) groups is 1. The summed E-state index contributed by atoms with van der Waals surface area (Å²) < 4.78 is 16.7. The van der Waals surface area contributed by atoms with Crippen molar-refractivity contribution < 1.29 is 24.1 Å². The first kappa shape index (κ1) is 16.6. The molecule has 3 rings (SSSR count). The van der Waals surface area contributed by atoms with E-state index in [0.29, 0.717) is 29.2 Å². The number of carboxylic acid groups (broad SMARTS) is 1. The highest BCUT2D eigenvalue weighted by Gasteiger charge is 2.14. The molecule has 1 N–H and O–H groups in total. The molecule has 128 valence electrons. The van der Waals surface area contributed by atoms with E-state index in [1.165, 1.54) is 13.2 Å². The molecule has 3 aromatic rings. The van der Waals surface area contributed by atoms with Crippen molar-refractivity contribution in [1.29, 1.82) is 0 Å². The lowest BCUT2D eigenvalue weighted by molar-refractivity contribution is 0.0696. The summed E-state index contributed by atoms with van der Waals surface area (Å²) >= 11 is 0. The minimum Gasteiger partial charge on any atom is -0.496 e. The second-order valence-corrected chi connectivity index (χ2v) is 5.48. The van der Waals surface area contributed by atoms with Crippen LogP contribution in [0.4, 0.5) is 0 Å². The molecular weight excluding hydrogens is 320 g/mol. The van der Waals surface area contributed by atoms with E-state index in [-0.39, 0.29) is 5.56 Å². The van der Waals surface area contributed by atoms with Gasteiger partial charge in [-0.15, -0.1) is 0 Å². The molecule has 5 nitrogen and oxygen atoms in total. The highest BCUT2D eigenvalue weighted by Crippen LogP contribution is 2.37. The molecule has 0 amide bonds. The summed E-state index contributed by atoms with van der Waals surface area (Å²) in [5.41, 5.74) is 1.20. The van der Waals surface area contributed by atoms with E-state index < -0.39 is 5.97 Å². The Balaban J connectivity index is 2.03. The fourth-order valence-electron chi connectivity index (χ4n) is 2.64. The van der Waals surface area contributed by atoms with Crippen LogP contribution in [0, 0.1) is 0 Å². The van der Waals surface area contributed by atoms with Crippen LogP contribution in [0.1, 0.15) is 15.9 Å². The maximum Gasteiger partial charge on any atom is 0.335 e. The number of carboxylic acids is 1. The van der Waals surface area contributed by atoms with E-state index in [1.807, 2.05) is 36.4 Å². The molecule has 0 radical (unpaired) electrons. The molecular formula is C20H18O5. The van der Waals surface area contributed by atoms with E-state index >= 15 is 0 Å². The lowest BCUT2D eigenvalue weighted by Crippen LogP contribution is -2.00. The topological polar surface area (TPSA) is 65.0 Å². The van der Waals surface area contributed by atoms with Crippen LogP contribution in [0.25, 0.3) is 10.8 Å². The number of fused-ring (bicyclic) bond motifs is 1. The number of hydrogen-bond donors (Lipinski definition) is 1. The van der Waals surface area contributed by atoms with Crippen molar-refractivity contribution in [3.05, 3.63) is 65.7 Å². The summed E-state index contributed by atoms with van der Waals surface area (Å²) in [4.78, 5) is 11.3. The zero-order valence-corrected chi connectivity index (χ0v) is 14.0.